The van der Waals surface area contributed by atoms with Gasteiger partial charge in [-0.2, -0.15) is 5.10 Å². The Labute approximate surface area is 108 Å². The van der Waals surface area contributed by atoms with Gasteiger partial charge in [0.1, 0.15) is 0 Å². The van der Waals surface area contributed by atoms with Crippen LogP contribution in [0.5, 0.6) is 0 Å². The molecule has 0 spiro atoms. The molecule has 0 atom stereocenters. The second-order valence-corrected chi connectivity index (χ2v) is 4.69. The maximum Gasteiger partial charge on any atom is 0.0817 e. The van der Waals surface area contributed by atoms with Crippen LogP contribution in [-0.2, 0) is 0 Å². The number of hydrogen-bond donors (Lipinski definition) is 2. The number of hydrazone groups is 1. The fourth-order valence-corrected chi connectivity index (χ4v) is 2.19. The van der Waals surface area contributed by atoms with Crippen molar-refractivity contribution in [2.45, 2.75) is 19.8 Å². The van der Waals surface area contributed by atoms with E-state index in [4.69, 9.17) is 5.41 Å². The van der Waals surface area contributed by atoms with E-state index in [1.165, 1.54) is 0 Å². The molecular formula is C14H20N4. The van der Waals surface area contributed by atoms with Crippen LogP contribution in [0.25, 0.3) is 0 Å². The van der Waals surface area contributed by atoms with Crippen molar-refractivity contribution in [3.05, 3.63) is 36.2 Å². The number of nitrogens with zero attached hydrogens (tertiary/aromatic N) is 2. The third-order valence-electron chi connectivity index (χ3n) is 3.29. The van der Waals surface area contributed by atoms with Gasteiger partial charge in [0.05, 0.1) is 23.7 Å². The average molecular weight is 244 g/mol. The van der Waals surface area contributed by atoms with Crippen molar-refractivity contribution >= 4 is 11.4 Å². The molecule has 1 heterocycles. The minimum absolute atomic E-state index is 0.400. The van der Waals surface area contributed by atoms with E-state index in [1.54, 1.807) is 6.08 Å². The van der Waals surface area contributed by atoms with E-state index in [1.807, 2.05) is 19.0 Å². The Morgan fingerprint density at radius 2 is 2.28 bits per heavy atom. The van der Waals surface area contributed by atoms with Gasteiger partial charge in [-0.05, 0) is 19.8 Å². The lowest BCUT2D eigenvalue weighted by Crippen LogP contribution is -2.33. The van der Waals surface area contributed by atoms with E-state index in [2.05, 4.69) is 23.6 Å². The van der Waals surface area contributed by atoms with Crippen molar-refractivity contribution in [3.63, 3.8) is 0 Å². The van der Waals surface area contributed by atoms with E-state index in [0.717, 1.165) is 35.5 Å². The molecule has 2 N–H and O–H groups in total. The molecule has 2 aliphatic rings. The lowest BCUT2D eigenvalue weighted by atomic mass is 9.97. The molecule has 0 bridgehead atoms. The lowest BCUT2D eigenvalue weighted by Gasteiger charge is -2.30. The zero-order chi connectivity index (χ0) is 13.3. The van der Waals surface area contributed by atoms with Crippen molar-refractivity contribution in [2.24, 2.45) is 11.0 Å². The number of nitrogens with one attached hydrogen (secondary N) is 2. The fourth-order valence-electron chi connectivity index (χ4n) is 2.19. The van der Waals surface area contributed by atoms with Gasteiger partial charge in [0.15, 0.2) is 0 Å². The van der Waals surface area contributed by atoms with Crippen LogP contribution in [0.2, 0.25) is 0 Å². The average Bonchev–Trinajstić information content (AvgIpc) is 3.16. The summed E-state index contributed by atoms with van der Waals surface area (Å²) in [7, 11) is 1.87. The predicted octanol–water partition coefficient (Wildman–Crippen LogP) is 2.28. The number of hydrogen-bond acceptors (Lipinski definition) is 4. The van der Waals surface area contributed by atoms with E-state index in [9.17, 15) is 0 Å². The van der Waals surface area contributed by atoms with E-state index in [0.29, 0.717) is 18.2 Å². The van der Waals surface area contributed by atoms with Crippen LogP contribution in [0.4, 0.5) is 0 Å². The van der Waals surface area contributed by atoms with Gasteiger partial charge in [-0.25, -0.2) is 0 Å². The van der Waals surface area contributed by atoms with Crippen molar-refractivity contribution in [1.82, 2.24) is 10.3 Å². The molecule has 0 aromatic rings. The summed E-state index contributed by atoms with van der Waals surface area (Å²) in [6.45, 7) is 10.4. The normalized spacial score (nSPS) is 19.8. The Morgan fingerprint density at radius 1 is 1.61 bits per heavy atom. The maximum atomic E-state index is 8.31. The van der Waals surface area contributed by atoms with E-state index >= 15 is 0 Å². The first-order chi connectivity index (χ1) is 8.60. The minimum Gasteiger partial charge on any atom is -0.386 e. The topological polar surface area (TPSA) is 51.5 Å². The van der Waals surface area contributed by atoms with Gasteiger partial charge in [0.25, 0.3) is 0 Å². The molecule has 4 nitrogen and oxygen atoms in total. The molecule has 4 heteroatoms. The van der Waals surface area contributed by atoms with Gasteiger partial charge in [-0.15, -0.1) is 6.58 Å². The third-order valence-corrected chi connectivity index (χ3v) is 3.29. The van der Waals surface area contributed by atoms with E-state index < -0.39 is 0 Å². The molecule has 1 saturated carbocycles. The summed E-state index contributed by atoms with van der Waals surface area (Å²) in [4.78, 5) is 0. The second-order valence-electron chi connectivity index (χ2n) is 4.69. The second kappa shape index (κ2) is 4.80. The molecule has 0 amide bonds. The zero-order valence-corrected chi connectivity index (χ0v) is 11.1. The smallest absolute Gasteiger partial charge is 0.0817 e. The highest BCUT2D eigenvalue weighted by atomic mass is 15.5. The van der Waals surface area contributed by atoms with Crippen LogP contribution in [0, 0.1) is 11.3 Å². The SMILES string of the molecule is C=CCN1N=C(C)C(NC)=C(C(=N)C2CC2)C1=C. The van der Waals surface area contributed by atoms with Crippen LogP contribution < -0.4 is 5.32 Å². The molecule has 0 aromatic carbocycles. The molecule has 1 fully saturated rings. The number of rotatable bonds is 5. The maximum absolute atomic E-state index is 8.31. The highest BCUT2D eigenvalue weighted by molar-refractivity contribution is 6.13. The number of allylic oxidation sites excluding steroid dienone is 2. The van der Waals surface area contributed by atoms with Crippen molar-refractivity contribution in [1.29, 1.82) is 5.41 Å². The van der Waals surface area contributed by atoms with Gasteiger partial charge < -0.3 is 10.7 Å². The molecular weight excluding hydrogens is 224 g/mol. The van der Waals surface area contributed by atoms with Crippen LogP contribution in [0.3, 0.4) is 0 Å². The van der Waals surface area contributed by atoms with Gasteiger partial charge in [-0.1, -0.05) is 12.7 Å². The Morgan fingerprint density at radius 3 is 2.78 bits per heavy atom. The molecule has 1 aliphatic carbocycles. The molecule has 18 heavy (non-hydrogen) atoms. The Hall–Kier alpha value is -1.84. The van der Waals surface area contributed by atoms with Crippen LogP contribution in [-0.4, -0.2) is 30.0 Å². The molecule has 1 aliphatic heterocycles. The summed E-state index contributed by atoms with van der Waals surface area (Å²) in [6, 6.07) is 0. The summed E-state index contributed by atoms with van der Waals surface area (Å²) < 4.78 is 0. The molecule has 0 aromatic heterocycles. The molecule has 0 radical (unpaired) electrons. The van der Waals surface area contributed by atoms with Crippen LogP contribution >= 0.6 is 0 Å². The minimum atomic E-state index is 0.400. The van der Waals surface area contributed by atoms with E-state index in [-0.39, 0.29) is 0 Å². The first kappa shape index (κ1) is 12.6. The largest absolute Gasteiger partial charge is 0.386 e. The third kappa shape index (κ3) is 2.10. The highest BCUT2D eigenvalue weighted by Crippen LogP contribution is 2.36. The lowest BCUT2D eigenvalue weighted by molar-refractivity contribution is 0.409. The summed E-state index contributed by atoms with van der Waals surface area (Å²) in [5.41, 5.74) is 4.22. The summed E-state index contributed by atoms with van der Waals surface area (Å²) in [5, 5.41) is 17.8. The Kier molecular flexibility index (Phi) is 3.36. The summed E-state index contributed by atoms with van der Waals surface area (Å²) in [6.07, 6.45) is 4.03. The van der Waals surface area contributed by atoms with Crippen LogP contribution in [0.1, 0.15) is 19.8 Å². The first-order valence-electron chi connectivity index (χ1n) is 6.24. The molecule has 0 unspecified atom stereocenters. The molecule has 0 saturated heterocycles. The highest BCUT2D eigenvalue weighted by Gasteiger charge is 2.34. The van der Waals surface area contributed by atoms with Gasteiger partial charge in [0, 0.05) is 24.3 Å². The van der Waals surface area contributed by atoms with Crippen molar-refractivity contribution in [3.8, 4) is 0 Å². The quantitative estimate of drug-likeness (QED) is 0.576. The fraction of sp³-hybridized carbons (Fsp3) is 0.429. The van der Waals surface area contributed by atoms with Crippen molar-refractivity contribution in [2.75, 3.05) is 13.6 Å². The predicted molar refractivity (Wildman–Crippen MR) is 75.7 cm³/mol. The monoisotopic (exact) mass is 244 g/mol. The van der Waals surface area contributed by atoms with Gasteiger partial charge in [-0.3, -0.25) is 5.01 Å². The zero-order valence-electron chi connectivity index (χ0n) is 11.1. The summed E-state index contributed by atoms with van der Waals surface area (Å²) in [5.74, 6) is 0.400. The van der Waals surface area contributed by atoms with Crippen LogP contribution in [0.15, 0.2) is 41.3 Å². The van der Waals surface area contributed by atoms with Gasteiger partial charge in [0.2, 0.25) is 0 Å². The first-order valence-corrected chi connectivity index (χ1v) is 6.24. The molecule has 96 valence electrons. The summed E-state index contributed by atoms with van der Waals surface area (Å²) >= 11 is 0. The Bertz CT molecular complexity index is 466. The van der Waals surface area contributed by atoms with Crippen molar-refractivity contribution < 1.29 is 0 Å². The standard InChI is InChI=1S/C14H20N4/c1-5-8-18-10(3)12(13(15)11-6-7-11)14(16-4)9(2)17-18/h5,11,15-16H,1,3,6-8H2,2,4H3. The van der Waals surface area contributed by atoms with Gasteiger partial charge >= 0.3 is 0 Å². The Balaban J connectivity index is 2.40. The molecule has 2 rings (SSSR count).